The van der Waals surface area contributed by atoms with Crippen LogP contribution in [0.3, 0.4) is 0 Å². The van der Waals surface area contributed by atoms with Gasteiger partial charge in [-0.2, -0.15) is 0 Å². The van der Waals surface area contributed by atoms with Crippen molar-refractivity contribution < 1.29 is 118 Å². The Morgan fingerprint density at radius 2 is 0.784 bits per heavy atom. The first-order valence-corrected chi connectivity index (χ1v) is 47.2. The minimum atomic E-state index is -3.78. The van der Waals surface area contributed by atoms with Crippen LogP contribution in [0.1, 0.15) is 100 Å². The van der Waals surface area contributed by atoms with Gasteiger partial charge in [0.1, 0.15) is 6.10 Å². The van der Waals surface area contributed by atoms with Gasteiger partial charge in [0, 0.05) is 147 Å². The first kappa shape index (κ1) is 108. The Morgan fingerprint density at radius 1 is 0.440 bits per heavy atom. The molecule has 7 atom stereocenters. The summed E-state index contributed by atoms with van der Waals surface area (Å²) in [5, 5.41) is 58.4. The molecule has 0 spiro atoms. The van der Waals surface area contributed by atoms with E-state index in [1.54, 1.807) is 79.9 Å². The molecule has 32 nitrogen and oxygen atoms in total. The molecule has 0 unspecified atom stereocenters. The second kappa shape index (κ2) is 56.1. The van der Waals surface area contributed by atoms with Crippen LogP contribution in [0.4, 0.5) is 0 Å². The molecule has 41 heteroatoms. The van der Waals surface area contributed by atoms with Crippen LogP contribution < -0.4 is 20.5 Å². The number of Topliss-reactive ketones (excluding diaryl/α,β-unsaturated/α-hetero) is 1. The summed E-state index contributed by atoms with van der Waals surface area (Å²) in [4.78, 5) is 50.7. The Kier molecular flexibility index (Phi) is 48.4. The highest BCUT2D eigenvalue weighted by atomic mass is 35.5. The molecule has 1 amide bonds. The van der Waals surface area contributed by atoms with E-state index < -0.39 is 77.9 Å². The first-order valence-electron chi connectivity index (χ1n) is 40.3. The number of nitrogens with one attached hydrogen (secondary N) is 3. The number of nitrogens with zero attached hydrogens (tertiary/aromatic N) is 3. The Balaban J connectivity index is 0.000000282. The van der Waals surface area contributed by atoms with Crippen molar-refractivity contribution in [2.24, 2.45) is 5.73 Å². The predicted molar refractivity (Wildman–Crippen MR) is 475 cm³/mol. The molecule has 0 radical (unpaired) electrons. The molecule has 11 N–H and O–H groups in total. The van der Waals surface area contributed by atoms with Crippen molar-refractivity contribution in [1.29, 1.82) is 0 Å². The lowest BCUT2D eigenvalue weighted by molar-refractivity contribution is -0.165. The average molecular weight is 1930 g/mol. The zero-order chi connectivity index (χ0) is 91.8. The normalized spacial score (nSPS) is 16.4. The van der Waals surface area contributed by atoms with Gasteiger partial charge in [-0.3, -0.25) is 9.59 Å². The van der Waals surface area contributed by atoms with E-state index in [0.717, 1.165) is 76.1 Å². The number of methoxy groups -OCH3 is 1. The number of aliphatic hydroxyl groups is 4. The van der Waals surface area contributed by atoms with Crippen molar-refractivity contribution in [3.8, 4) is 0 Å². The van der Waals surface area contributed by atoms with Crippen molar-refractivity contribution in [2.45, 2.75) is 109 Å². The first-order chi connectivity index (χ1) is 59.5. The highest BCUT2D eigenvalue weighted by Gasteiger charge is 2.34. The molecule has 125 heavy (non-hydrogen) atoms. The molecule has 0 saturated heterocycles. The van der Waals surface area contributed by atoms with Crippen LogP contribution in [0.2, 0.25) is 30.1 Å². The van der Waals surface area contributed by atoms with Crippen LogP contribution in [0.5, 0.6) is 0 Å². The summed E-state index contributed by atoms with van der Waals surface area (Å²) in [6, 6.07) is 32.1. The Morgan fingerprint density at radius 3 is 1.17 bits per heavy atom. The zero-order valence-corrected chi connectivity index (χ0v) is 77.4. The molecular formula is C84H115Cl6N7O25S3. The highest BCUT2D eigenvalue weighted by molar-refractivity contribution is 7.91. The fourth-order valence-electron chi connectivity index (χ4n) is 13.3. The number of aliphatic hydroxyl groups excluding tert-OH is 4. The summed E-state index contributed by atoms with van der Waals surface area (Å²) < 4.78 is 131. The lowest BCUT2D eigenvalue weighted by Crippen LogP contribution is -2.46. The number of hydrogen-bond acceptors (Lipinski definition) is 27. The number of halogens is 6. The maximum absolute atomic E-state index is 13.0. The van der Waals surface area contributed by atoms with Crippen molar-refractivity contribution in [3.05, 3.63) is 189 Å². The van der Waals surface area contributed by atoms with Gasteiger partial charge in [-0.05, 0) is 163 Å². The number of likely N-dealkylation sites (N-methyl/N-ethyl adjacent to an activating group) is 3. The summed E-state index contributed by atoms with van der Waals surface area (Å²) in [7, 11) is -3.22. The minimum absolute atomic E-state index is 0.000111. The van der Waals surface area contributed by atoms with E-state index >= 15 is 0 Å². The number of ketones is 1. The third-order valence-corrected chi connectivity index (χ3v) is 25.9. The summed E-state index contributed by atoms with van der Waals surface area (Å²) >= 11 is 38.2. The number of carbonyl (C=O) groups is 4. The van der Waals surface area contributed by atoms with Crippen molar-refractivity contribution >= 4 is 123 Å². The second-order valence-electron chi connectivity index (χ2n) is 29.3. The number of amides is 1. The fraction of sp³-hybridized carbons (Fsp3) is 0.524. The maximum Gasteiger partial charge on any atom is 0.335 e. The Labute approximate surface area is 761 Å². The number of ether oxygens (including phenoxy) is 9. The van der Waals surface area contributed by atoms with Crippen LogP contribution in [0, 0.1) is 0 Å². The second-order valence-corrected chi connectivity index (χ2v) is 37.5. The third-order valence-electron chi connectivity index (χ3n) is 19.5. The average Bonchev–Trinajstić information content (AvgIpc) is 0.781. The minimum Gasteiger partial charge on any atom is -0.479 e. The smallest absolute Gasteiger partial charge is 0.335 e. The molecular weight excluding hydrogens is 1820 g/mol. The number of benzene rings is 6. The van der Waals surface area contributed by atoms with Crippen LogP contribution in [0.25, 0.3) is 0 Å². The van der Waals surface area contributed by atoms with E-state index in [9.17, 15) is 54.6 Å². The number of sulfonamides is 2. The standard InChI is InChI=1S/C34H49Cl2N3O10S.C24H33Cl2N3O5S.C22H27Cl2NO4S.C4H6O6/c1-3-11-46-12-5-8-31(40)32(41)33(42)34(43)37-9-13-47-15-17-49-18-16-48-14-10-38-50(44,45)26-7-4-6-24(19-26)28-22-39(2)23-29-27(28)20-25(35)21-30(29)36;1-29-16-22(21-14-19(25)15-24(26)23(21)17-29)18-3-2-4-20(13-18)35(30,31)28-6-8-33-10-12-34-11-9-32-7-5-27;1-25-14-20(19-12-17(23)13-22(24)21(19)15-25)16-5-3-6-18(11-16)30(26,27)10-4-7-29-9-8-28-2;5-1(3(7)8)2(6)4(9)10/h4,6-7,19-21,28,32-33,38,41-42H,3,5,8-18,22-23H2,1-2H3,(H,37,43);2-4,13-15,22,28H,5-12,16-17,27H2,1H3;3,5-6,11-13,20H,4,7-10,14-15H2,1-2H3;1-2,5-6H,(H,7,8)(H,9,10)/t28-,32-,33+;22-;20-;1-,2-/m0001/s1. The Bertz CT molecular complexity index is 4730. The number of sulfone groups is 1. The van der Waals surface area contributed by atoms with Crippen LogP contribution in [-0.2, 0) is 111 Å². The molecule has 3 aliphatic rings. The summed E-state index contributed by atoms with van der Waals surface area (Å²) in [6.07, 6.45) is -6.50. The lowest BCUT2D eigenvalue weighted by Gasteiger charge is -2.33. The molecule has 0 bridgehead atoms. The lowest BCUT2D eigenvalue weighted by atomic mass is 9.85. The van der Waals surface area contributed by atoms with Gasteiger partial charge in [-0.15, -0.1) is 0 Å². The SMILES string of the molecule is CCCOCCCC(=O)[C@H](O)[C@@H](O)C(=O)NCCOCCOCCOCCNS(=O)(=O)c1cccc([C@@H]2CN(C)Cc3c(Cl)cc(Cl)cc32)c1.CN1Cc2c(Cl)cc(Cl)cc2[C@H](c2cccc(S(=O)(=O)NCCOCCOCCOCCN)c2)C1.COCCOCCCS(=O)(=O)c1cccc([C@@H]2CN(C)Cc3c(Cl)cc(Cl)cc32)c1.O=C(O)[C@H](O)[C@@H](O)C(=O)O. The quantitative estimate of drug-likeness (QED) is 0.0164. The van der Waals surface area contributed by atoms with Crippen molar-refractivity contribution in [1.82, 2.24) is 29.5 Å². The van der Waals surface area contributed by atoms with Gasteiger partial charge in [0.25, 0.3) is 5.91 Å². The summed E-state index contributed by atoms with van der Waals surface area (Å²) in [6.45, 7) is 13.2. The topological polar surface area (TPSA) is 447 Å². The van der Waals surface area contributed by atoms with Gasteiger partial charge in [0.2, 0.25) is 20.0 Å². The number of nitrogens with two attached hydrogens (primary N) is 1. The third kappa shape index (κ3) is 36.5. The number of carboxylic acids is 2. The van der Waals surface area contributed by atoms with Gasteiger partial charge >= 0.3 is 11.9 Å². The molecule has 696 valence electrons. The zero-order valence-electron chi connectivity index (χ0n) is 70.4. The predicted octanol–water partition coefficient (Wildman–Crippen LogP) is 7.65. The molecule has 0 aromatic heterocycles. The van der Waals surface area contributed by atoms with Crippen molar-refractivity contribution in [3.63, 3.8) is 0 Å². The van der Waals surface area contributed by atoms with E-state index in [1.165, 1.54) is 0 Å². The molecule has 6 aromatic carbocycles. The Hall–Kier alpha value is -5.77. The fourth-order valence-corrected chi connectivity index (χ4v) is 18.5. The maximum atomic E-state index is 13.0. The van der Waals surface area contributed by atoms with Crippen LogP contribution in [-0.4, -0.2) is 311 Å². The van der Waals surface area contributed by atoms with E-state index in [-0.39, 0.29) is 106 Å². The largest absolute Gasteiger partial charge is 0.479 e. The van der Waals surface area contributed by atoms with E-state index in [2.05, 4.69) is 29.5 Å². The van der Waals surface area contributed by atoms with E-state index in [1.807, 2.05) is 64.5 Å². The molecule has 0 aliphatic carbocycles. The molecule has 6 aromatic rings. The monoisotopic (exact) mass is 1930 g/mol. The molecule has 3 aliphatic heterocycles. The van der Waals surface area contributed by atoms with Crippen LogP contribution >= 0.6 is 69.6 Å². The van der Waals surface area contributed by atoms with E-state index in [0.29, 0.717) is 140 Å². The number of rotatable bonds is 50. The van der Waals surface area contributed by atoms with Gasteiger partial charge < -0.3 is 99.0 Å². The van der Waals surface area contributed by atoms with Crippen molar-refractivity contribution in [2.75, 3.05) is 192 Å². The van der Waals surface area contributed by atoms with Gasteiger partial charge in [-0.1, -0.05) is 113 Å². The van der Waals surface area contributed by atoms with E-state index in [4.69, 9.17) is 138 Å². The van der Waals surface area contributed by atoms with Crippen LogP contribution in [0.15, 0.2) is 124 Å². The number of aliphatic carboxylic acids is 2. The van der Waals surface area contributed by atoms with Gasteiger partial charge in [0.15, 0.2) is 33.9 Å². The molecule has 3 heterocycles. The molecule has 0 fully saturated rings. The molecule has 9 rings (SSSR count). The number of hydrogen-bond donors (Lipinski definition) is 10. The number of carboxylic acid groups (broad SMARTS) is 2. The summed E-state index contributed by atoms with van der Waals surface area (Å²) in [5.41, 5.74) is 14.2. The highest BCUT2D eigenvalue weighted by Crippen LogP contribution is 2.42. The molecule has 0 saturated carbocycles. The number of carbonyl (C=O) groups excluding carboxylic acids is 2. The summed E-state index contributed by atoms with van der Waals surface area (Å²) in [5.74, 6) is -5.11. The van der Waals surface area contributed by atoms with Gasteiger partial charge in [-0.25, -0.2) is 44.3 Å². The van der Waals surface area contributed by atoms with Gasteiger partial charge in [0.05, 0.1) is 113 Å². The number of fused-ring (bicyclic) bond motifs is 3.